The number of halogens is 1. The fourth-order valence-electron chi connectivity index (χ4n) is 2.40. The SMILES string of the molecule is Cc1nc(Br)ccc1NC(=O)C1CNc2ccccc21. The number of hydrogen-bond donors (Lipinski definition) is 2. The van der Waals surface area contributed by atoms with E-state index in [4.69, 9.17) is 0 Å². The third kappa shape index (κ3) is 2.41. The Morgan fingerprint density at radius 3 is 2.95 bits per heavy atom. The molecular weight excluding hydrogens is 318 g/mol. The van der Waals surface area contributed by atoms with Crippen molar-refractivity contribution >= 4 is 33.2 Å². The number of benzene rings is 1. The Morgan fingerprint density at radius 2 is 2.15 bits per heavy atom. The maximum atomic E-state index is 12.4. The fraction of sp³-hybridized carbons (Fsp3) is 0.200. The standard InChI is InChI=1S/C15H14BrN3O/c1-9-12(6-7-14(16)18-9)19-15(20)11-8-17-13-5-3-2-4-10(11)13/h2-7,11,17H,8H2,1H3,(H,19,20). The largest absolute Gasteiger partial charge is 0.384 e. The lowest BCUT2D eigenvalue weighted by atomic mass is 10.0. The zero-order chi connectivity index (χ0) is 14.1. The number of nitrogens with one attached hydrogen (secondary N) is 2. The number of fused-ring (bicyclic) bond motifs is 1. The molecule has 0 bridgehead atoms. The normalized spacial score (nSPS) is 16.4. The maximum absolute atomic E-state index is 12.4. The summed E-state index contributed by atoms with van der Waals surface area (Å²) in [5.41, 5.74) is 3.64. The minimum absolute atomic E-state index is 0.00493. The molecule has 102 valence electrons. The van der Waals surface area contributed by atoms with E-state index in [9.17, 15) is 4.79 Å². The van der Waals surface area contributed by atoms with Crippen molar-refractivity contribution in [2.75, 3.05) is 17.2 Å². The molecule has 5 heteroatoms. The van der Waals surface area contributed by atoms with Crippen LogP contribution in [0.25, 0.3) is 0 Å². The lowest BCUT2D eigenvalue weighted by molar-refractivity contribution is -0.117. The Balaban J connectivity index is 1.81. The Labute approximate surface area is 125 Å². The van der Waals surface area contributed by atoms with Gasteiger partial charge in [0.1, 0.15) is 4.60 Å². The van der Waals surface area contributed by atoms with E-state index in [-0.39, 0.29) is 11.8 Å². The number of aromatic nitrogens is 1. The summed E-state index contributed by atoms with van der Waals surface area (Å²) in [7, 11) is 0. The first-order valence-corrected chi connectivity index (χ1v) is 7.21. The first-order chi connectivity index (χ1) is 9.65. The van der Waals surface area contributed by atoms with Crippen LogP contribution in [0.5, 0.6) is 0 Å². The summed E-state index contributed by atoms with van der Waals surface area (Å²) in [5.74, 6) is -0.163. The van der Waals surface area contributed by atoms with E-state index in [0.29, 0.717) is 6.54 Å². The Hall–Kier alpha value is -1.88. The zero-order valence-corrected chi connectivity index (χ0v) is 12.6. The van der Waals surface area contributed by atoms with Crippen LogP contribution in [0.1, 0.15) is 17.2 Å². The van der Waals surface area contributed by atoms with Gasteiger partial charge in [-0.3, -0.25) is 4.79 Å². The third-order valence-electron chi connectivity index (χ3n) is 3.46. The van der Waals surface area contributed by atoms with Crippen molar-refractivity contribution in [1.29, 1.82) is 0 Å². The van der Waals surface area contributed by atoms with Gasteiger partial charge in [-0.05, 0) is 46.6 Å². The van der Waals surface area contributed by atoms with E-state index in [1.165, 1.54) is 0 Å². The number of aryl methyl sites for hydroxylation is 1. The first-order valence-electron chi connectivity index (χ1n) is 6.42. The average molecular weight is 332 g/mol. The first kappa shape index (κ1) is 13.1. The molecule has 3 rings (SSSR count). The van der Waals surface area contributed by atoms with E-state index >= 15 is 0 Å². The molecule has 1 aliphatic rings. The van der Waals surface area contributed by atoms with E-state index < -0.39 is 0 Å². The highest BCUT2D eigenvalue weighted by molar-refractivity contribution is 9.10. The predicted molar refractivity (Wildman–Crippen MR) is 83.0 cm³/mol. The number of rotatable bonds is 2. The number of pyridine rings is 1. The van der Waals surface area contributed by atoms with Crippen LogP contribution in [0.2, 0.25) is 0 Å². The van der Waals surface area contributed by atoms with E-state index in [2.05, 4.69) is 31.5 Å². The molecule has 1 aromatic heterocycles. The van der Waals surface area contributed by atoms with Crippen LogP contribution in [0, 0.1) is 6.92 Å². The van der Waals surface area contributed by atoms with Gasteiger partial charge in [0.05, 0.1) is 17.3 Å². The van der Waals surface area contributed by atoms with Crippen LogP contribution in [0.15, 0.2) is 41.0 Å². The summed E-state index contributed by atoms with van der Waals surface area (Å²) in [6.45, 7) is 2.51. The van der Waals surface area contributed by atoms with Crippen molar-refractivity contribution in [1.82, 2.24) is 4.98 Å². The molecule has 1 unspecified atom stereocenters. The maximum Gasteiger partial charge on any atom is 0.233 e. The molecule has 0 aliphatic carbocycles. The molecule has 0 spiro atoms. The van der Waals surface area contributed by atoms with Crippen LogP contribution in [-0.4, -0.2) is 17.4 Å². The van der Waals surface area contributed by atoms with Gasteiger partial charge in [-0.1, -0.05) is 18.2 Å². The van der Waals surface area contributed by atoms with E-state index in [1.807, 2.05) is 43.3 Å². The Bertz CT molecular complexity index is 672. The summed E-state index contributed by atoms with van der Waals surface area (Å²) in [5, 5.41) is 6.21. The van der Waals surface area contributed by atoms with Gasteiger partial charge in [-0.2, -0.15) is 0 Å². The number of para-hydroxylation sites is 1. The van der Waals surface area contributed by atoms with Crippen molar-refractivity contribution in [3.05, 3.63) is 52.3 Å². The Morgan fingerprint density at radius 1 is 1.35 bits per heavy atom. The van der Waals surface area contributed by atoms with Gasteiger partial charge in [0.25, 0.3) is 0 Å². The molecule has 1 amide bonds. The van der Waals surface area contributed by atoms with Crippen molar-refractivity contribution in [3.8, 4) is 0 Å². The summed E-state index contributed by atoms with van der Waals surface area (Å²) >= 11 is 3.32. The van der Waals surface area contributed by atoms with Gasteiger partial charge < -0.3 is 10.6 Å². The molecule has 4 nitrogen and oxygen atoms in total. The molecule has 1 atom stereocenters. The molecule has 0 saturated heterocycles. The van der Waals surface area contributed by atoms with Crippen molar-refractivity contribution in [2.45, 2.75) is 12.8 Å². The molecule has 2 aromatic rings. The highest BCUT2D eigenvalue weighted by Crippen LogP contribution is 2.32. The summed E-state index contributed by atoms with van der Waals surface area (Å²) in [6.07, 6.45) is 0. The van der Waals surface area contributed by atoms with E-state index in [1.54, 1.807) is 0 Å². The quantitative estimate of drug-likeness (QED) is 0.830. The number of hydrogen-bond acceptors (Lipinski definition) is 3. The van der Waals surface area contributed by atoms with Crippen molar-refractivity contribution < 1.29 is 4.79 Å². The van der Waals surface area contributed by atoms with Crippen LogP contribution in [-0.2, 0) is 4.79 Å². The molecule has 0 radical (unpaired) electrons. The molecule has 0 fully saturated rings. The summed E-state index contributed by atoms with van der Waals surface area (Å²) < 4.78 is 0.765. The van der Waals surface area contributed by atoms with Crippen molar-refractivity contribution in [2.24, 2.45) is 0 Å². The number of nitrogens with zero attached hydrogens (tertiary/aromatic N) is 1. The number of amides is 1. The summed E-state index contributed by atoms with van der Waals surface area (Å²) in [4.78, 5) is 16.7. The second-order valence-electron chi connectivity index (χ2n) is 4.78. The molecule has 20 heavy (non-hydrogen) atoms. The second-order valence-corrected chi connectivity index (χ2v) is 5.59. The third-order valence-corrected chi connectivity index (χ3v) is 3.90. The monoisotopic (exact) mass is 331 g/mol. The van der Waals surface area contributed by atoms with Crippen LogP contribution < -0.4 is 10.6 Å². The van der Waals surface area contributed by atoms with Gasteiger partial charge >= 0.3 is 0 Å². The highest BCUT2D eigenvalue weighted by Gasteiger charge is 2.28. The zero-order valence-electron chi connectivity index (χ0n) is 11.0. The lowest BCUT2D eigenvalue weighted by Gasteiger charge is -2.12. The number of anilines is 2. The number of carbonyl (C=O) groups is 1. The molecule has 2 heterocycles. The summed E-state index contributed by atoms with van der Waals surface area (Å²) in [6, 6.07) is 11.6. The predicted octanol–water partition coefficient (Wildman–Crippen LogP) is 3.30. The highest BCUT2D eigenvalue weighted by atomic mass is 79.9. The van der Waals surface area contributed by atoms with Gasteiger partial charge in [0.15, 0.2) is 0 Å². The Kier molecular flexibility index (Phi) is 3.44. The van der Waals surface area contributed by atoms with Crippen molar-refractivity contribution in [3.63, 3.8) is 0 Å². The lowest BCUT2D eigenvalue weighted by Crippen LogP contribution is -2.23. The van der Waals surface area contributed by atoms with Crippen LogP contribution in [0.3, 0.4) is 0 Å². The minimum atomic E-state index is -0.158. The smallest absolute Gasteiger partial charge is 0.233 e. The molecule has 2 N–H and O–H groups in total. The molecule has 1 aliphatic heterocycles. The minimum Gasteiger partial charge on any atom is -0.384 e. The molecule has 1 aromatic carbocycles. The van der Waals surface area contributed by atoms with Crippen LogP contribution >= 0.6 is 15.9 Å². The van der Waals surface area contributed by atoms with Gasteiger partial charge in [-0.25, -0.2) is 4.98 Å². The number of carbonyl (C=O) groups excluding carboxylic acids is 1. The second kappa shape index (κ2) is 5.25. The van der Waals surface area contributed by atoms with Gasteiger partial charge in [-0.15, -0.1) is 0 Å². The average Bonchev–Trinajstić information content (AvgIpc) is 2.86. The van der Waals surface area contributed by atoms with Crippen LogP contribution in [0.4, 0.5) is 11.4 Å². The van der Waals surface area contributed by atoms with Gasteiger partial charge in [0, 0.05) is 12.2 Å². The topological polar surface area (TPSA) is 54.0 Å². The molecule has 0 saturated carbocycles. The fourth-order valence-corrected chi connectivity index (χ4v) is 2.80. The van der Waals surface area contributed by atoms with E-state index in [0.717, 1.165) is 27.2 Å². The molecular formula is C15H14BrN3O. The van der Waals surface area contributed by atoms with Gasteiger partial charge in [0.2, 0.25) is 5.91 Å².